The zero-order valence-corrected chi connectivity index (χ0v) is 16.0. The van der Waals surface area contributed by atoms with Crippen LogP contribution in [0.3, 0.4) is 0 Å². The van der Waals surface area contributed by atoms with Crippen LogP contribution in [0, 0.1) is 5.92 Å². The lowest BCUT2D eigenvalue weighted by Gasteiger charge is -2.42. The van der Waals surface area contributed by atoms with Gasteiger partial charge in [-0.05, 0) is 32.2 Å². The second kappa shape index (κ2) is 8.61. The van der Waals surface area contributed by atoms with E-state index in [0.29, 0.717) is 11.7 Å². The van der Waals surface area contributed by atoms with Crippen molar-refractivity contribution < 1.29 is 9.59 Å². The van der Waals surface area contributed by atoms with Crippen LogP contribution < -0.4 is 0 Å². The third kappa shape index (κ3) is 4.12. The van der Waals surface area contributed by atoms with Gasteiger partial charge in [-0.1, -0.05) is 30.3 Å². The van der Waals surface area contributed by atoms with E-state index in [1.54, 1.807) is 12.4 Å². The molecule has 2 aromatic rings. The highest BCUT2D eigenvalue weighted by Crippen LogP contribution is 2.26. The van der Waals surface area contributed by atoms with Crippen molar-refractivity contribution in [3.63, 3.8) is 0 Å². The lowest BCUT2D eigenvalue weighted by Crippen LogP contribution is -2.50. The standard InChI is InChI=1S/C22H26N4O2/c27-21(17-5-2-1-3-6-17)18-7-4-12-26(16-18)19-8-13-25(14-9-19)22(28)20-15-23-10-11-24-20/h1-3,5-6,10-11,15,18-19H,4,7-9,12-14,16H2. The highest BCUT2D eigenvalue weighted by Gasteiger charge is 2.33. The highest BCUT2D eigenvalue weighted by atomic mass is 16.2. The molecule has 0 spiro atoms. The van der Waals surface area contributed by atoms with Crippen LogP contribution in [0.15, 0.2) is 48.9 Å². The summed E-state index contributed by atoms with van der Waals surface area (Å²) >= 11 is 0. The molecule has 2 aliphatic rings. The number of aromatic nitrogens is 2. The summed E-state index contributed by atoms with van der Waals surface area (Å²) in [6.07, 6.45) is 8.57. The van der Waals surface area contributed by atoms with Gasteiger partial charge in [0.1, 0.15) is 5.69 Å². The molecule has 0 aliphatic carbocycles. The maximum Gasteiger partial charge on any atom is 0.274 e. The minimum absolute atomic E-state index is 0.0395. The maximum atomic E-state index is 12.8. The monoisotopic (exact) mass is 378 g/mol. The van der Waals surface area contributed by atoms with Gasteiger partial charge >= 0.3 is 0 Å². The Hall–Kier alpha value is -2.60. The van der Waals surface area contributed by atoms with Crippen molar-refractivity contribution in [1.82, 2.24) is 19.8 Å². The van der Waals surface area contributed by atoms with E-state index in [9.17, 15) is 9.59 Å². The zero-order valence-electron chi connectivity index (χ0n) is 16.0. The molecule has 1 aromatic heterocycles. The normalized spacial score (nSPS) is 21.4. The van der Waals surface area contributed by atoms with E-state index >= 15 is 0 Å². The van der Waals surface area contributed by atoms with E-state index in [-0.39, 0.29) is 17.6 Å². The van der Waals surface area contributed by atoms with Gasteiger partial charge in [-0.2, -0.15) is 0 Å². The quantitative estimate of drug-likeness (QED) is 0.766. The smallest absolute Gasteiger partial charge is 0.274 e. The summed E-state index contributed by atoms with van der Waals surface area (Å²) in [6.45, 7) is 3.33. The number of rotatable bonds is 4. The van der Waals surface area contributed by atoms with Crippen molar-refractivity contribution in [2.45, 2.75) is 31.7 Å². The average molecular weight is 378 g/mol. The van der Waals surface area contributed by atoms with Crippen LogP contribution in [0.25, 0.3) is 0 Å². The van der Waals surface area contributed by atoms with Gasteiger partial charge in [-0.3, -0.25) is 19.5 Å². The fourth-order valence-electron chi connectivity index (χ4n) is 4.40. The summed E-state index contributed by atoms with van der Waals surface area (Å²) in [6, 6.07) is 10.1. The number of amides is 1. The lowest BCUT2D eigenvalue weighted by atomic mass is 9.88. The number of nitrogens with zero attached hydrogens (tertiary/aromatic N) is 4. The summed E-state index contributed by atoms with van der Waals surface area (Å²) in [4.78, 5) is 37.8. The molecule has 1 unspecified atom stereocenters. The molecule has 6 heteroatoms. The Morgan fingerprint density at radius 3 is 2.46 bits per heavy atom. The Labute approximate surface area is 165 Å². The minimum atomic E-state index is -0.0395. The second-order valence-corrected chi connectivity index (χ2v) is 7.68. The fraction of sp³-hybridized carbons (Fsp3) is 0.455. The summed E-state index contributed by atoms with van der Waals surface area (Å²) in [7, 11) is 0. The van der Waals surface area contributed by atoms with Gasteiger partial charge in [0.25, 0.3) is 5.91 Å². The Kier molecular flexibility index (Phi) is 5.76. The largest absolute Gasteiger partial charge is 0.337 e. The van der Waals surface area contributed by atoms with Crippen LogP contribution in [-0.4, -0.2) is 63.7 Å². The molecule has 28 heavy (non-hydrogen) atoms. The number of ketones is 1. The Balaban J connectivity index is 1.33. The van der Waals surface area contributed by atoms with Crippen LogP contribution in [0.5, 0.6) is 0 Å². The molecule has 0 radical (unpaired) electrons. The average Bonchev–Trinajstić information content (AvgIpc) is 2.79. The minimum Gasteiger partial charge on any atom is -0.337 e. The van der Waals surface area contributed by atoms with Crippen molar-refractivity contribution in [3.8, 4) is 0 Å². The van der Waals surface area contributed by atoms with Crippen LogP contribution in [0.1, 0.15) is 46.5 Å². The first-order valence-electron chi connectivity index (χ1n) is 10.1. The third-order valence-corrected chi connectivity index (χ3v) is 5.93. The Morgan fingerprint density at radius 2 is 1.75 bits per heavy atom. The molecule has 1 amide bonds. The molecule has 3 heterocycles. The Morgan fingerprint density at radius 1 is 0.964 bits per heavy atom. The van der Waals surface area contributed by atoms with E-state index in [2.05, 4.69) is 14.9 Å². The molecular formula is C22H26N4O2. The highest BCUT2D eigenvalue weighted by molar-refractivity contribution is 5.98. The number of carbonyl (C=O) groups excluding carboxylic acids is 2. The third-order valence-electron chi connectivity index (χ3n) is 5.93. The van der Waals surface area contributed by atoms with Gasteiger partial charge < -0.3 is 4.90 Å². The number of piperidine rings is 2. The van der Waals surface area contributed by atoms with Crippen molar-refractivity contribution in [2.24, 2.45) is 5.92 Å². The van der Waals surface area contributed by atoms with Crippen molar-refractivity contribution >= 4 is 11.7 Å². The molecule has 0 bridgehead atoms. The first-order valence-corrected chi connectivity index (χ1v) is 10.1. The van der Waals surface area contributed by atoms with Crippen LogP contribution in [0.4, 0.5) is 0 Å². The molecule has 4 rings (SSSR count). The van der Waals surface area contributed by atoms with Gasteiger partial charge in [0, 0.05) is 49.6 Å². The van der Waals surface area contributed by atoms with Crippen molar-refractivity contribution in [3.05, 3.63) is 60.2 Å². The van der Waals surface area contributed by atoms with E-state index in [4.69, 9.17) is 0 Å². The SMILES string of the molecule is O=C(c1ccccc1)C1CCCN(C2CCN(C(=O)c3cnccn3)CC2)C1. The topological polar surface area (TPSA) is 66.4 Å². The molecule has 146 valence electrons. The zero-order chi connectivity index (χ0) is 19.3. The maximum absolute atomic E-state index is 12.8. The second-order valence-electron chi connectivity index (χ2n) is 7.68. The lowest BCUT2D eigenvalue weighted by molar-refractivity contribution is 0.0502. The summed E-state index contributed by atoms with van der Waals surface area (Å²) < 4.78 is 0. The number of Topliss-reactive ketones (excluding diaryl/α,β-unsaturated/α-hetero) is 1. The van der Waals surface area contributed by atoms with Gasteiger partial charge in [0.2, 0.25) is 0 Å². The number of likely N-dealkylation sites (tertiary alicyclic amines) is 2. The molecule has 6 nitrogen and oxygen atoms in total. The summed E-state index contributed by atoms with van der Waals surface area (Å²) in [5, 5.41) is 0. The molecule has 0 N–H and O–H groups in total. The van der Waals surface area contributed by atoms with E-state index < -0.39 is 0 Å². The molecule has 1 aromatic carbocycles. The summed E-state index contributed by atoms with van der Waals surface area (Å²) in [5.41, 5.74) is 1.23. The number of hydrogen-bond donors (Lipinski definition) is 0. The molecule has 2 fully saturated rings. The predicted octanol–water partition coefficient (Wildman–Crippen LogP) is 2.68. The van der Waals surface area contributed by atoms with Gasteiger partial charge in [-0.25, -0.2) is 4.98 Å². The van der Waals surface area contributed by atoms with E-state index in [1.807, 2.05) is 35.2 Å². The van der Waals surface area contributed by atoms with Gasteiger partial charge in [0.15, 0.2) is 5.78 Å². The van der Waals surface area contributed by atoms with Crippen molar-refractivity contribution in [1.29, 1.82) is 0 Å². The van der Waals surface area contributed by atoms with Crippen LogP contribution in [-0.2, 0) is 0 Å². The van der Waals surface area contributed by atoms with E-state index in [0.717, 1.165) is 57.4 Å². The fourth-order valence-corrected chi connectivity index (χ4v) is 4.40. The van der Waals surface area contributed by atoms with Crippen molar-refractivity contribution in [2.75, 3.05) is 26.2 Å². The predicted molar refractivity (Wildman–Crippen MR) is 106 cm³/mol. The first-order chi connectivity index (χ1) is 13.7. The van der Waals surface area contributed by atoms with E-state index in [1.165, 1.54) is 6.20 Å². The molecule has 2 aliphatic heterocycles. The number of benzene rings is 1. The van der Waals surface area contributed by atoms with Gasteiger partial charge in [0.05, 0.1) is 6.20 Å². The molecule has 0 saturated carbocycles. The Bertz CT molecular complexity index is 804. The number of hydrogen-bond acceptors (Lipinski definition) is 5. The molecule has 1 atom stereocenters. The van der Waals surface area contributed by atoms with Crippen LogP contribution >= 0.6 is 0 Å². The van der Waals surface area contributed by atoms with Gasteiger partial charge in [-0.15, -0.1) is 0 Å². The first kappa shape index (κ1) is 18.7. The molecule has 2 saturated heterocycles. The summed E-state index contributed by atoms with van der Waals surface area (Å²) in [5.74, 6) is 0.304. The molecular weight excluding hydrogens is 352 g/mol. The number of carbonyl (C=O) groups is 2. The van der Waals surface area contributed by atoms with Crippen LogP contribution in [0.2, 0.25) is 0 Å².